The van der Waals surface area contributed by atoms with Gasteiger partial charge in [-0.1, -0.05) is 0 Å². The van der Waals surface area contributed by atoms with Gasteiger partial charge in [0.05, 0.1) is 17.7 Å². The molecular formula is C9H12ClN3. The minimum absolute atomic E-state index is 0.114. The first-order valence-electron chi connectivity index (χ1n) is 4.12. The van der Waals surface area contributed by atoms with Crippen LogP contribution in [0.4, 0.5) is 0 Å². The molecule has 0 aromatic carbocycles. The highest BCUT2D eigenvalue weighted by Gasteiger charge is 2.10. The number of aryl methyl sites for hydroxylation is 2. The maximum absolute atomic E-state index is 8.72. The quantitative estimate of drug-likeness (QED) is 0.692. The molecule has 70 valence electrons. The van der Waals surface area contributed by atoms with Gasteiger partial charge in [0.1, 0.15) is 0 Å². The zero-order chi connectivity index (χ0) is 9.84. The van der Waals surface area contributed by atoms with Gasteiger partial charge in [0.15, 0.2) is 0 Å². The highest BCUT2D eigenvalue weighted by atomic mass is 35.5. The van der Waals surface area contributed by atoms with Crippen molar-refractivity contribution in [3.8, 4) is 6.07 Å². The molecule has 4 heteroatoms. The molecule has 1 aromatic rings. The van der Waals surface area contributed by atoms with E-state index in [2.05, 4.69) is 11.2 Å². The molecule has 13 heavy (non-hydrogen) atoms. The number of hydrogen-bond acceptors (Lipinski definition) is 2. The van der Waals surface area contributed by atoms with Crippen LogP contribution in [0, 0.1) is 24.2 Å². The van der Waals surface area contributed by atoms with Gasteiger partial charge in [-0.2, -0.15) is 10.4 Å². The van der Waals surface area contributed by atoms with Crippen molar-refractivity contribution >= 4 is 11.6 Å². The van der Waals surface area contributed by atoms with Gasteiger partial charge in [-0.05, 0) is 13.0 Å². The van der Waals surface area contributed by atoms with Gasteiger partial charge in [-0.3, -0.25) is 4.68 Å². The Labute approximate surface area is 82.9 Å². The number of halogens is 1. The van der Waals surface area contributed by atoms with E-state index in [0.29, 0.717) is 12.3 Å². The summed E-state index contributed by atoms with van der Waals surface area (Å²) in [6.07, 6.45) is 0.678. The molecule has 0 saturated carbocycles. The Kier molecular flexibility index (Phi) is 3.32. The molecule has 1 rings (SSSR count). The Bertz CT molecular complexity index is 324. The van der Waals surface area contributed by atoms with Crippen molar-refractivity contribution in [2.24, 2.45) is 13.0 Å². The van der Waals surface area contributed by atoms with E-state index in [1.54, 1.807) is 4.68 Å². The highest BCUT2D eigenvalue weighted by molar-refractivity contribution is 6.18. The summed E-state index contributed by atoms with van der Waals surface area (Å²) in [5.74, 6) is 0.261. The maximum Gasteiger partial charge on any atom is 0.0672 e. The van der Waals surface area contributed by atoms with Crippen molar-refractivity contribution in [3.05, 3.63) is 17.5 Å². The Balaban J connectivity index is 2.74. The van der Waals surface area contributed by atoms with Crippen molar-refractivity contribution in [2.45, 2.75) is 13.3 Å². The number of alkyl halides is 1. The van der Waals surface area contributed by atoms with Crippen LogP contribution in [0.25, 0.3) is 0 Å². The van der Waals surface area contributed by atoms with Crippen molar-refractivity contribution in [2.75, 3.05) is 5.88 Å². The van der Waals surface area contributed by atoms with Gasteiger partial charge in [-0.25, -0.2) is 0 Å². The molecule has 1 unspecified atom stereocenters. The third-order valence-corrected chi connectivity index (χ3v) is 2.30. The predicted molar refractivity (Wildman–Crippen MR) is 51.5 cm³/mol. The van der Waals surface area contributed by atoms with Crippen LogP contribution in [0.5, 0.6) is 0 Å². The topological polar surface area (TPSA) is 41.6 Å². The van der Waals surface area contributed by atoms with E-state index in [0.717, 1.165) is 11.4 Å². The van der Waals surface area contributed by atoms with Crippen LogP contribution < -0.4 is 0 Å². The van der Waals surface area contributed by atoms with E-state index in [1.807, 2.05) is 20.0 Å². The van der Waals surface area contributed by atoms with Crippen LogP contribution in [-0.2, 0) is 13.5 Å². The summed E-state index contributed by atoms with van der Waals surface area (Å²) in [4.78, 5) is 0. The Morgan fingerprint density at radius 1 is 1.77 bits per heavy atom. The summed E-state index contributed by atoms with van der Waals surface area (Å²) in [5, 5.41) is 12.9. The van der Waals surface area contributed by atoms with Crippen molar-refractivity contribution in [3.63, 3.8) is 0 Å². The summed E-state index contributed by atoms with van der Waals surface area (Å²) in [6.45, 7) is 1.94. The Morgan fingerprint density at radius 2 is 2.46 bits per heavy atom. The number of nitriles is 1. The summed E-state index contributed by atoms with van der Waals surface area (Å²) in [7, 11) is 1.88. The summed E-state index contributed by atoms with van der Waals surface area (Å²) >= 11 is 5.62. The summed E-state index contributed by atoms with van der Waals surface area (Å²) in [5.41, 5.74) is 2.04. The molecule has 0 aliphatic carbocycles. The zero-order valence-electron chi connectivity index (χ0n) is 7.79. The monoisotopic (exact) mass is 197 g/mol. The fourth-order valence-electron chi connectivity index (χ4n) is 1.24. The normalized spacial score (nSPS) is 12.5. The second-order valence-corrected chi connectivity index (χ2v) is 3.39. The van der Waals surface area contributed by atoms with E-state index >= 15 is 0 Å². The molecule has 0 amide bonds. The van der Waals surface area contributed by atoms with Gasteiger partial charge >= 0.3 is 0 Å². The van der Waals surface area contributed by atoms with Gasteiger partial charge in [0.2, 0.25) is 0 Å². The first kappa shape index (κ1) is 10.1. The molecule has 0 N–H and O–H groups in total. The molecule has 1 aromatic heterocycles. The third-order valence-electron chi connectivity index (χ3n) is 1.92. The van der Waals surface area contributed by atoms with E-state index in [-0.39, 0.29) is 5.92 Å². The summed E-state index contributed by atoms with van der Waals surface area (Å²) in [6, 6.07) is 4.15. The molecule has 1 heterocycles. The first-order chi connectivity index (χ1) is 6.17. The average Bonchev–Trinajstić information content (AvgIpc) is 2.41. The average molecular weight is 198 g/mol. The van der Waals surface area contributed by atoms with Crippen LogP contribution in [-0.4, -0.2) is 15.7 Å². The lowest BCUT2D eigenvalue weighted by Gasteiger charge is -2.04. The molecule has 0 aliphatic heterocycles. The largest absolute Gasteiger partial charge is 0.272 e. The molecule has 0 aliphatic rings. The van der Waals surface area contributed by atoms with E-state index in [9.17, 15) is 0 Å². The smallest absolute Gasteiger partial charge is 0.0672 e. The highest BCUT2D eigenvalue weighted by Crippen LogP contribution is 2.10. The van der Waals surface area contributed by atoms with Crippen molar-refractivity contribution in [1.29, 1.82) is 5.26 Å². The SMILES string of the molecule is Cc1cc(CC(C#N)CCl)n(C)n1. The van der Waals surface area contributed by atoms with Crippen LogP contribution >= 0.6 is 11.6 Å². The minimum Gasteiger partial charge on any atom is -0.272 e. The zero-order valence-corrected chi connectivity index (χ0v) is 8.54. The van der Waals surface area contributed by atoms with Crippen molar-refractivity contribution < 1.29 is 0 Å². The molecular weight excluding hydrogens is 186 g/mol. The number of hydrogen-bond donors (Lipinski definition) is 0. The van der Waals surface area contributed by atoms with Crippen LogP contribution in [0.3, 0.4) is 0 Å². The fourth-order valence-corrected chi connectivity index (χ4v) is 1.42. The fraction of sp³-hybridized carbons (Fsp3) is 0.556. The molecule has 0 fully saturated rings. The number of rotatable bonds is 3. The van der Waals surface area contributed by atoms with Gasteiger partial charge in [0.25, 0.3) is 0 Å². The van der Waals surface area contributed by atoms with Gasteiger partial charge in [-0.15, -0.1) is 11.6 Å². The molecule has 0 bridgehead atoms. The van der Waals surface area contributed by atoms with Gasteiger partial charge in [0, 0.05) is 25.0 Å². The Hall–Kier alpha value is -1.01. The molecule has 0 radical (unpaired) electrons. The van der Waals surface area contributed by atoms with E-state index < -0.39 is 0 Å². The minimum atomic E-state index is -0.114. The molecule has 1 atom stereocenters. The second-order valence-electron chi connectivity index (χ2n) is 3.09. The Morgan fingerprint density at radius 3 is 2.85 bits per heavy atom. The molecule has 0 spiro atoms. The number of aromatic nitrogens is 2. The lowest BCUT2D eigenvalue weighted by molar-refractivity contribution is 0.647. The van der Waals surface area contributed by atoms with Crippen LogP contribution in [0.2, 0.25) is 0 Å². The number of nitrogens with zero attached hydrogens (tertiary/aromatic N) is 3. The van der Waals surface area contributed by atoms with Crippen LogP contribution in [0.1, 0.15) is 11.4 Å². The lowest BCUT2D eigenvalue weighted by Crippen LogP contribution is -2.07. The first-order valence-corrected chi connectivity index (χ1v) is 4.66. The van der Waals surface area contributed by atoms with Crippen molar-refractivity contribution in [1.82, 2.24) is 9.78 Å². The molecule has 0 saturated heterocycles. The standard InChI is InChI=1S/C9H12ClN3/c1-7-3-9(13(2)12-7)4-8(5-10)6-11/h3,8H,4-5H2,1-2H3. The van der Waals surface area contributed by atoms with E-state index in [1.165, 1.54) is 0 Å². The van der Waals surface area contributed by atoms with Gasteiger partial charge < -0.3 is 0 Å². The van der Waals surface area contributed by atoms with E-state index in [4.69, 9.17) is 16.9 Å². The molecule has 3 nitrogen and oxygen atoms in total. The van der Waals surface area contributed by atoms with Crippen LogP contribution in [0.15, 0.2) is 6.07 Å². The second kappa shape index (κ2) is 4.29. The predicted octanol–water partition coefficient (Wildman–Crippen LogP) is 1.65. The third kappa shape index (κ3) is 2.46. The lowest BCUT2D eigenvalue weighted by atomic mass is 10.1. The maximum atomic E-state index is 8.72. The summed E-state index contributed by atoms with van der Waals surface area (Å²) < 4.78 is 1.80.